The van der Waals surface area contributed by atoms with Crippen LogP contribution in [-0.4, -0.2) is 37.8 Å². The van der Waals surface area contributed by atoms with Crippen LogP contribution in [-0.2, 0) is 19.0 Å². The first-order valence-corrected chi connectivity index (χ1v) is 8.99. The van der Waals surface area contributed by atoms with Crippen LogP contribution in [0.5, 0.6) is 0 Å². The molecule has 0 N–H and O–H groups in total. The van der Waals surface area contributed by atoms with Crippen LogP contribution in [0.3, 0.4) is 0 Å². The highest BCUT2D eigenvalue weighted by Gasteiger charge is 2.36. The van der Waals surface area contributed by atoms with Crippen LogP contribution in [0.25, 0.3) is 0 Å². The lowest BCUT2D eigenvalue weighted by Gasteiger charge is -2.28. The molecule has 0 aliphatic carbocycles. The smallest absolute Gasteiger partial charge is 0.412 e. The molecule has 0 spiro atoms. The molecular formula is C16H23NO5S. The Balaban J connectivity index is 2.11. The summed E-state index contributed by atoms with van der Waals surface area (Å²) in [5.74, 6) is 0. The fourth-order valence-electron chi connectivity index (χ4n) is 2.27. The molecule has 0 unspecified atom stereocenters. The third-order valence-electron chi connectivity index (χ3n) is 3.37. The van der Waals surface area contributed by atoms with E-state index in [4.69, 9.17) is 8.92 Å². The molecule has 0 bridgehead atoms. The van der Waals surface area contributed by atoms with Crippen LogP contribution in [0.4, 0.5) is 4.79 Å². The zero-order valence-corrected chi connectivity index (χ0v) is 14.7. The van der Waals surface area contributed by atoms with Gasteiger partial charge in [-0.2, -0.15) is 8.42 Å². The average molecular weight is 341 g/mol. The second-order valence-electron chi connectivity index (χ2n) is 6.63. The topological polar surface area (TPSA) is 72.9 Å². The Morgan fingerprint density at radius 2 is 1.83 bits per heavy atom. The molecule has 1 saturated heterocycles. The van der Waals surface area contributed by atoms with E-state index in [0.29, 0.717) is 19.4 Å². The van der Waals surface area contributed by atoms with Crippen molar-refractivity contribution >= 4 is 16.2 Å². The van der Waals surface area contributed by atoms with Gasteiger partial charge >= 0.3 is 6.09 Å². The minimum Gasteiger partial charge on any atom is -0.444 e. The molecule has 128 valence electrons. The number of ether oxygens (including phenoxy) is 1. The molecule has 1 fully saturated rings. The minimum absolute atomic E-state index is 0.0825. The van der Waals surface area contributed by atoms with E-state index in [1.807, 2.05) is 6.92 Å². The van der Waals surface area contributed by atoms with Gasteiger partial charge in [0, 0.05) is 6.54 Å². The summed E-state index contributed by atoms with van der Waals surface area (Å²) in [5, 5.41) is 0. The third kappa shape index (κ3) is 4.68. The number of benzene rings is 1. The lowest BCUT2D eigenvalue weighted by Crippen LogP contribution is -2.41. The number of carbonyl (C=O) groups is 1. The highest BCUT2D eigenvalue weighted by molar-refractivity contribution is 7.86. The molecule has 1 heterocycles. The lowest BCUT2D eigenvalue weighted by molar-refractivity contribution is -0.00323. The molecule has 0 saturated carbocycles. The molecular weight excluding hydrogens is 318 g/mol. The fourth-order valence-corrected chi connectivity index (χ4v) is 3.35. The SMILES string of the molecule is Cc1ccc(S(=O)(=O)O[C@H]2CCCN2C(=O)OC(C)(C)C)cc1. The van der Waals surface area contributed by atoms with Gasteiger partial charge in [0.15, 0.2) is 6.23 Å². The monoisotopic (exact) mass is 341 g/mol. The predicted octanol–water partition coefficient (Wildman–Crippen LogP) is 3.06. The van der Waals surface area contributed by atoms with Crippen LogP contribution in [0.15, 0.2) is 29.2 Å². The summed E-state index contributed by atoms with van der Waals surface area (Å²) in [6, 6.07) is 6.40. The number of hydrogen-bond donors (Lipinski definition) is 0. The van der Waals surface area contributed by atoms with Crippen LogP contribution in [0.2, 0.25) is 0 Å². The molecule has 6 nitrogen and oxygen atoms in total. The second-order valence-corrected chi connectivity index (χ2v) is 8.21. The summed E-state index contributed by atoms with van der Waals surface area (Å²) >= 11 is 0. The highest BCUT2D eigenvalue weighted by Crippen LogP contribution is 2.25. The predicted molar refractivity (Wildman–Crippen MR) is 85.4 cm³/mol. The highest BCUT2D eigenvalue weighted by atomic mass is 32.2. The lowest BCUT2D eigenvalue weighted by atomic mass is 10.2. The van der Waals surface area contributed by atoms with Gasteiger partial charge in [-0.15, -0.1) is 0 Å². The molecule has 0 radical (unpaired) electrons. The van der Waals surface area contributed by atoms with Gasteiger partial charge in [0.25, 0.3) is 10.1 Å². The fraction of sp³-hybridized carbons (Fsp3) is 0.562. The van der Waals surface area contributed by atoms with Gasteiger partial charge in [-0.3, -0.25) is 4.90 Å². The Morgan fingerprint density at radius 1 is 1.22 bits per heavy atom. The molecule has 23 heavy (non-hydrogen) atoms. The molecule has 1 amide bonds. The number of amides is 1. The van der Waals surface area contributed by atoms with Gasteiger partial charge in [0.1, 0.15) is 5.60 Å². The van der Waals surface area contributed by atoms with Crippen molar-refractivity contribution in [1.29, 1.82) is 0 Å². The number of carbonyl (C=O) groups excluding carboxylic acids is 1. The number of likely N-dealkylation sites (tertiary alicyclic amines) is 1. The van der Waals surface area contributed by atoms with Crippen molar-refractivity contribution in [2.24, 2.45) is 0 Å². The van der Waals surface area contributed by atoms with Crippen molar-refractivity contribution in [2.75, 3.05) is 6.54 Å². The molecule has 1 aliphatic heterocycles. The van der Waals surface area contributed by atoms with Crippen molar-refractivity contribution in [2.45, 2.75) is 57.3 Å². The van der Waals surface area contributed by atoms with Gasteiger partial charge in [-0.1, -0.05) is 17.7 Å². The van der Waals surface area contributed by atoms with Crippen LogP contribution < -0.4 is 0 Å². The summed E-state index contributed by atoms with van der Waals surface area (Å²) in [6.45, 7) is 7.58. The van der Waals surface area contributed by atoms with E-state index in [1.54, 1.807) is 32.9 Å². The molecule has 1 aromatic rings. The largest absolute Gasteiger partial charge is 0.444 e. The van der Waals surface area contributed by atoms with E-state index in [9.17, 15) is 13.2 Å². The second kappa shape index (κ2) is 6.49. The molecule has 1 atom stereocenters. The Bertz CT molecular complexity index is 661. The Morgan fingerprint density at radius 3 is 2.39 bits per heavy atom. The number of hydrogen-bond acceptors (Lipinski definition) is 5. The van der Waals surface area contributed by atoms with E-state index in [1.165, 1.54) is 17.0 Å². The van der Waals surface area contributed by atoms with Crippen LogP contribution >= 0.6 is 0 Å². The first kappa shape index (κ1) is 17.7. The van der Waals surface area contributed by atoms with E-state index < -0.39 is 28.0 Å². The van der Waals surface area contributed by atoms with E-state index >= 15 is 0 Å². The minimum atomic E-state index is -3.92. The maximum absolute atomic E-state index is 12.4. The Hall–Kier alpha value is -1.60. The van der Waals surface area contributed by atoms with Gasteiger partial charge in [-0.05, 0) is 52.7 Å². The normalized spacial score (nSPS) is 19.0. The molecule has 1 aliphatic rings. The molecule has 7 heteroatoms. The Labute approximate surface area is 137 Å². The van der Waals surface area contributed by atoms with Crippen molar-refractivity contribution in [3.05, 3.63) is 29.8 Å². The summed E-state index contributed by atoms with van der Waals surface area (Å²) < 4.78 is 35.3. The van der Waals surface area contributed by atoms with Gasteiger partial charge < -0.3 is 4.74 Å². The van der Waals surface area contributed by atoms with Crippen molar-refractivity contribution in [3.8, 4) is 0 Å². The zero-order chi connectivity index (χ0) is 17.3. The standard InChI is InChI=1S/C16H23NO5S/c1-12-7-9-13(10-8-12)23(19,20)22-14-6-5-11-17(14)15(18)21-16(2,3)4/h7-10,14H,5-6,11H2,1-4H3/t14-/m0/s1. The van der Waals surface area contributed by atoms with Gasteiger partial charge in [0.2, 0.25) is 0 Å². The van der Waals surface area contributed by atoms with Crippen LogP contribution in [0, 0.1) is 6.92 Å². The van der Waals surface area contributed by atoms with Gasteiger partial charge in [0.05, 0.1) is 4.90 Å². The van der Waals surface area contributed by atoms with Crippen molar-refractivity contribution in [3.63, 3.8) is 0 Å². The van der Waals surface area contributed by atoms with E-state index in [-0.39, 0.29) is 4.90 Å². The number of aryl methyl sites for hydroxylation is 1. The molecule has 0 aromatic heterocycles. The quantitative estimate of drug-likeness (QED) is 0.790. The van der Waals surface area contributed by atoms with Crippen molar-refractivity contribution in [1.82, 2.24) is 4.90 Å². The maximum atomic E-state index is 12.4. The zero-order valence-electron chi connectivity index (χ0n) is 13.9. The van der Waals surface area contributed by atoms with E-state index in [2.05, 4.69) is 0 Å². The first-order valence-electron chi connectivity index (χ1n) is 7.58. The average Bonchev–Trinajstić information content (AvgIpc) is 2.84. The Kier molecular flexibility index (Phi) is 5.01. The van der Waals surface area contributed by atoms with Gasteiger partial charge in [-0.25, -0.2) is 8.98 Å². The summed E-state index contributed by atoms with van der Waals surface area (Å²) in [6.07, 6.45) is -0.243. The first-order chi connectivity index (χ1) is 10.6. The van der Waals surface area contributed by atoms with Crippen molar-refractivity contribution < 1.29 is 22.1 Å². The maximum Gasteiger partial charge on any atom is 0.412 e. The molecule has 1 aromatic carbocycles. The summed E-state index contributed by atoms with van der Waals surface area (Å²) in [7, 11) is -3.92. The summed E-state index contributed by atoms with van der Waals surface area (Å²) in [5.41, 5.74) is 0.320. The van der Waals surface area contributed by atoms with E-state index in [0.717, 1.165) is 5.56 Å². The third-order valence-corrected chi connectivity index (χ3v) is 4.70. The van der Waals surface area contributed by atoms with Crippen LogP contribution in [0.1, 0.15) is 39.2 Å². The summed E-state index contributed by atoms with van der Waals surface area (Å²) in [4.78, 5) is 13.6. The molecule has 2 rings (SSSR count). The number of nitrogens with zero attached hydrogens (tertiary/aromatic N) is 1. The number of rotatable bonds is 3.